The molecule has 34 heavy (non-hydrogen) atoms. The lowest BCUT2D eigenvalue weighted by atomic mass is 9.91. The van der Waals surface area contributed by atoms with Crippen LogP contribution in [0.3, 0.4) is 0 Å². The number of carbonyl (C=O) groups is 3. The molecule has 5 rings (SSSR count). The van der Waals surface area contributed by atoms with Gasteiger partial charge in [-0.05, 0) is 42.0 Å². The van der Waals surface area contributed by atoms with Crippen LogP contribution in [0.2, 0.25) is 0 Å². The van der Waals surface area contributed by atoms with Crippen molar-refractivity contribution < 1.29 is 14.4 Å². The Balaban J connectivity index is 1.48. The molecule has 0 aromatic heterocycles. The topological polar surface area (TPSA) is 66.5 Å². The number of nitrogens with zero attached hydrogens (tertiary/aromatic N) is 1. The Morgan fingerprint density at radius 2 is 1.32 bits per heavy atom. The second-order valence-electron chi connectivity index (χ2n) is 9.17. The van der Waals surface area contributed by atoms with E-state index in [0.717, 1.165) is 41.7 Å². The lowest BCUT2D eigenvalue weighted by Crippen LogP contribution is -2.52. The number of rotatable bonds is 7. The first-order valence-electron chi connectivity index (χ1n) is 12.0. The van der Waals surface area contributed by atoms with Gasteiger partial charge < -0.3 is 5.32 Å². The summed E-state index contributed by atoms with van der Waals surface area (Å²) in [6, 6.07) is 25.3. The van der Waals surface area contributed by atoms with Gasteiger partial charge in [-0.2, -0.15) is 0 Å². The van der Waals surface area contributed by atoms with Crippen molar-refractivity contribution in [2.24, 2.45) is 5.92 Å². The van der Waals surface area contributed by atoms with Crippen LogP contribution in [0.25, 0.3) is 0 Å². The van der Waals surface area contributed by atoms with E-state index in [1.807, 2.05) is 60.7 Å². The smallest absolute Gasteiger partial charge is 0.262 e. The van der Waals surface area contributed by atoms with Gasteiger partial charge in [-0.1, -0.05) is 85.6 Å². The van der Waals surface area contributed by atoms with Crippen molar-refractivity contribution in [1.82, 2.24) is 10.2 Å². The summed E-state index contributed by atoms with van der Waals surface area (Å²) in [5, 5.41) is 3.26. The van der Waals surface area contributed by atoms with Crippen LogP contribution in [0.5, 0.6) is 0 Å². The van der Waals surface area contributed by atoms with Gasteiger partial charge in [0.2, 0.25) is 5.91 Å². The highest BCUT2D eigenvalue weighted by atomic mass is 16.2. The Labute approximate surface area is 199 Å². The first-order chi connectivity index (χ1) is 16.6. The normalized spacial score (nSPS) is 17.5. The molecular weight excluding hydrogens is 424 g/mol. The number of hydrogen-bond donors (Lipinski definition) is 1. The third kappa shape index (κ3) is 4.26. The molecule has 3 aromatic rings. The van der Waals surface area contributed by atoms with Crippen molar-refractivity contribution in [2.75, 3.05) is 0 Å². The maximum Gasteiger partial charge on any atom is 0.262 e. The highest BCUT2D eigenvalue weighted by Gasteiger charge is 2.43. The van der Waals surface area contributed by atoms with Crippen LogP contribution < -0.4 is 5.32 Å². The van der Waals surface area contributed by atoms with Crippen LogP contribution in [0.1, 0.15) is 63.6 Å². The van der Waals surface area contributed by atoms with Crippen molar-refractivity contribution in [1.29, 1.82) is 0 Å². The molecule has 3 aromatic carbocycles. The predicted molar refractivity (Wildman–Crippen MR) is 130 cm³/mol. The molecule has 1 aliphatic carbocycles. The highest BCUT2D eigenvalue weighted by molar-refractivity contribution is 6.22. The summed E-state index contributed by atoms with van der Waals surface area (Å²) in [4.78, 5) is 41.6. The molecule has 1 N–H and O–H groups in total. The average molecular weight is 453 g/mol. The van der Waals surface area contributed by atoms with Crippen molar-refractivity contribution >= 4 is 17.7 Å². The summed E-state index contributed by atoms with van der Waals surface area (Å²) < 4.78 is 0. The monoisotopic (exact) mass is 452 g/mol. The molecular formula is C29H28N2O3. The van der Waals surface area contributed by atoms with Crippen LogP contribution in [0, 0.1) is 5.92 Å². The van der Waals surface area contributed by atoms with Gasteiger partial charge in [0.25, 0.3) is 11.8 Å². The summed E-state index contributed by atoms with van der Waals surface area (Å²) in [5.74, 6) is -0.771. The van der Waals surface area contributed by atoms with Crippen LogP contribution in [-0.4, -0.2) is 28.7 Å². The SMILES string of the molecule is O=C(N[C@@H](c1ccccc1)C1CCCC1)[C@H](Cc1ccccc1)N1C(=O)c2ccccc2C1=O. The van der Waals surface area contributed by atoms with Gasteiger partial charge in [-0.3, -0.25) is 19.3 Å². The van der Waals surface area contributed by atoms with Gasteiger partial charge in [-0.15, -0.1) is 0 Å². The number of fused-ring (bicyclic) bond motifs is 1. The molecule has 0 radical (unpaired) electrons. The molecule has 0 bridgehead atoms. The number of carbonyl (C=O) groups excluding carboxylic acids is 3. The minimum absolute atomic E-state index is 0.148. The molecule has 1 aliphatic heterocycles. The summed E-state index contributed by atoms with van der Waals surface area (Å²) in [6.45, 7) is 0. The number of imide groups is 1. The van der Waals surface area contributed by atoms with Crippen molar-refractivity contribution in [3.8, 4) is 0 Å². The van der Waals surface area contributed by atoms with Crippen molar-refractivity contribution in [3.05, 3.63) is 107 Å². The zero-order valence-corrected chi connectivity index (χ0v) is 19.0. The molecule has 1 fully saturated rings. The summed E-state index contributed by atoms with van der Waals surface area (Å²) in [6.07, 6.45) is 4.67. The first kappa shape index (κ1) is 22.1. The van der Waals surface area contributed by atoms with E-state index in [2.05, 4.69) is 5.32 Å². The second kappa shape index (κ2) is 9.64. The Bertz CT molecular complexity index is 1150. The molecule has 1 heterocycles. The van der Waals surface area contributed by atoms with Crippen molar-refractivity contribution in [3.63, 3.8) is 0 Å². The van der Waals surface area contributed by atoms with E-state index >= 15 is 0 Å². The van der Waals surface area contributed by atoms with Gasteiger partial charge in [0.15, 0.2) is 0 Å². The molecule has 2 aliphatic rings. The van der Waals surface area contributed by atoms with E-state index in [0.29, 0.717) is 17.0 Å². The molecule has 0 spiro atoms. The van der Waals surface area contributed by atoms with Crippen LogP contribution in [-0.2, 0) is 11.2 Å². The predicted octanol–water partition coefficient (Wildman–Crippen LogP) is 4.94. The number of benzene rings is 3. The van der Waals surface area contributed by atoms with Crippen molar-refractivity contribution in [2.45, 2.75) is 44.2 Å². The molecule has 0 unspecified atom stereocenters. The quantitative estimate of drug-likeness (QED) is 0.516. The van der Waals surface area contributed by atoms with Crippen LogP contribution in [0.4, 0.5) is 0 Å². The number of amides is 3. The Kier molecular flexibility index (Phi) is 6.26. The van der Waals surface area contributed by atoms with E-state index in [1.54, 1.807) is 24.3 Å². The van der Waals surface area contributed by atoms with Gasteiger partial charge in [0.05, 0.1) is 17.2 Å². The lowest BCUT2D eigenvalue weighted by Gasteiger charge is -2.30. The molecule has 3 amide bonds. The van der Waals surface area contributed by atoms with Gasteiger partial charge in [0.1, 0.15) is 6.04 Å². The van der Waals surface area contributed by atoms with E-state index < -0.39 is 17.9 Å². The Morgan fingerprint density at radius 3 is 1.91 bits per heavy atom. The zero-order chi connectivity index (χ0) is 23.5. The molecule has 5 heteroatoms. The Morgan fingerprint density at radius 1 is 0.794 bits per heavy atom. The van der Waals surface area contributed by atoms with Crippen LogP contribution >= 0.6 is 0 Å². The van der Waals surface area contributed by atoms with Gasteiger partial charge in [-0.25, -0.2) is 0 Å². The fourth-order valence-corrected chi connectivity index (χ4v) is 5.30. The highest BCUT2D eigenvalue weighted by Crippen LogP contribution is 2.36. The molecule has 172 valence electrons. The molecule has 1 saturated carbocycles. The largest absolute Gasteiger partial charge is 0.347 e. The second-order valence-corrected chi connectivity index (χ2v) is 9.17. The zero-order valence-electron chi connectivity index (χ0n) is 19.0. The molecule has 0 saturated heterocycles. The fraction of sp³-hybridized carbons (Fsp3) is 0.276. The standard InChI is InChI=1S/C29H28N2O3/c32-27(30-26(22-15-7-8-16-22)21-13-5-2-6-14-21)25(19-20-11-3-1-4-12-20)31-28(33)23-17-9-10-18-24(23)29(31)34/h1-6,9-14,17-18,22,25-26H,7-8,15-16,19H2,(H,30,32)/t25-,26-/m0/s1. The number of nitrogens with one attached hydrogen (secondary N) is 1. The number of hydrogen-bond acceptors (Lipinski definition) is 3. The third-order valence-corrected chi connectivity index (χ3v) is 7.04. The molecule has 5 nitrogen and oxygen atoms in total. The minimum atomic E-state index is -0.928. The van der Waals surface area contributed by atoms with E-state index in [4.69, 9.17) is 0 Å². The first-order valence-corrected chi connectivity index (χ1v) is 12.0. The lowest BCUT2D eigenvalue weighted by molar-refractivity contribution is -0.126. The molecule has 2 atom stereocenters. The van der Waals surface area contributed by atoms with E-state index in [1.165, 1.54) is 0 Å². The van der Waals surface area contributed by atoms with Gasteiger partial charge >= 0.3 is 0 Å². The minimum Gasteiger partial charge on any atom is -0.347 e. The van der Waals surface area contributed by atoms with Gasteiger partial charge in [0, 0.05) is 6.42 Å². The Hall–Kier alpha value is -3.73. The maximum absolute atomic E-state index is 13.9. The van der Waals surface area contributed by atoms with Crippen LogP contribution in [0.15, 0.2) is 84.9 Å². The average Bonchev–Trinajstić information content (AvgIpc) is 3.50. The third-order valence-electron chi connectivity index (χ3n) is 7.04. The summed E-state index contributed by atoms with van der Waals surface area (Å²) in [5.41, 5.74) is 2.67. The maximum atomic E-state index is 13.9. The fourth-order valence-electron chi connectivity index (χ4n) is 5.30. The van der Waals surface area contributed by atoms with E-state index in [9.17, 15) is 14.4 Å². The summed E-state index contributed by atoms with van der Waals surface area (Å²) in [7, 11) is 0. The summed E-state index contributed by atoms with van der Waals surface area (Å²) >= 11 is 0. The van der Waals surface area contributed by atoms with E-state index in [-0.39, 0.29) is 18.4 Å².